The van der Waals surface area contributed by atoms with E-state index < -0.39 is 12.0 Å². The Labute approximate surface area is 129 Å². The fourth-order valence-electron chi connectivity index (χ4n) is 3.47. The molecule has 2 amide bonds. The molecule has 21 heavy (non-hydrogen) atoms. The minimum absolute atomic E-state index is 0.0380. The summed E-state index contributed by atoms with van der Waals surface area (Å²) in [5.41, 5.74) is 0.118. The maximum atomic E-state index is 12.7. The normalized spacial score (nSPS) is 33.8. The minimum Gasteiger partial charge on any atom is -0.480 e. The highest BCUT2D eigenvalue weighted by atomic mass is 32.2. The van der Waals surface area contributed by atoms with Gasteiger partial charge in [0.05, 0.1) is 5.37 Å². The van der Waals surface area contributed by atoms with Crippen LogP contribution in [0.2, 0.25) is 0 Å². The summed E-state index contributed by atoms with van der Waals surface area (Å²) < 4.78 is 0. The number of hydrogen-bond donors (Lipinski definition) is 2. The zero-order valence-corrected chi connectivity index (χ0v) is 13.9. The molecule has 5 nitrogen and oxygen atoms in total. The Morgan fingerprint density at radius 3 is 2.19 bits per heavy atom. The summed E-state index contributed by atoms with van der Waals surface area (Å²) in [6.45, 7) is 8.57. The van der Waals surface area contributed by atoms with E-state index in [-0.39, 0.29) is 28.3 Å². The van der Waals surface area contributed by atoms with Gasteiger partial charge in [-0.3, -0.25) is 4.90 Å². The SMILES string of the molecule is CC1(C)C(NC(=O)N2C(C(=O)O)CSC2C2CC2)C1(C)C. The highest BCUT2D eigenvalue weighted by Crippen LogP contribution is 2.62. The van der Waals surface area contributed by atoms with Crippen molar-refractivity contribution in [3.05, 3.63) is 0 Å². The third-order valence-electron chi connectivity index (χ3n) is 5.87. The highest BCUT2D eigenvalue weighted by molar-refractivity contribution is 8.00. The molecule has 0 aromatic heterocycles. The van der Waals surface area contributed by atoms with Crippen LogP contribution in [0.1, 0.15) is 40.5 Å². The smallest absolute Gasteiger partial charge is 0.327 e. The first kappa shape index (κ1) is 15.0. The van der Waals surface area contributed by atoms with Gasteiger partial charge in [-0.15, -0.1) is 11.8 Å². The Morgan fingerprint density at radius 2 is 1.76 bits per heavy atom. The lowest BCUT2D eigenvalue weighted by Gasteiger charge is -2.28. The number of urea groups is 1. The van der Waals surface area contributed by atoms with E-state index >= 15 is 0 Å². The third kappa shape index (κ3) is 2.22. The summed E-state index contributed by atoms with van der Waals surface area (Å²) >= 11 is 1.62. The van der Waals surface area contributed by atoms with Crippen molar-refractivity contribution in [2.45, 2.75) is 58.0 Å². The van der Waals surface area contributed by atoms with Crippen molar-refractivity contribution in [2.75, 3.05) is 5.75 Å². The van der Waals surface area contributed by atoms with E-state index in [4.69, 9.17) is 0 Å². The van der Waals surface area contributed by atoms with Crippen LogP contribution in [-0.2, 0) is 4.79 Å². The van der Waals surface area contributed by atoms with Gasteiger partial charge in [0.1, 0.15) is 6.04 Å². The van der Waals surface area contributed by atoms with Crippen molar-refractivity contribution >= 4 is 23.8 Å². The van der Waals surface area contributed by atoms with E-state index in [1.54, 1.807) is 16.7 Å². The lowest BCUT2D eigenvalue weighted by Crippen LogP contribution is -2.52. The Morgan fingerprint density at radius 1 is 1.19 bits per heavy atom. The lowest BCUT2D eigenvalue weighted by molar-refractivity contribution is -0.141. The second-order valence-electron chi connectivity index (χ2n) is 7.65. The van der Waals surface area contributed by atoms with Gasteiger partial charge in [0.2, 0.25) is 0 Å². The van der Waals surface area contributed by atoms with Gasteiger partial charge < -0.3 is 10.4 Å². The number of nitrogens with zero attached hydrogens (tertiary/aromatic N) is 1. The van der Waals surface area contributed by atoms with Gasteiger partial charge in [-0.2, -0.15) is 0 Å². The molecule has 0 bridgehead atoms. The second kappa shape index (κ2) is 4.54. The molecule has 0 radical (unpaired) electrons. The Bertz CT molecular complexity index is 473. The van der Waals surface area contributed by atoms with E-state index in [2.05, 4.69) is 33.0 Å². The first-order valence-electron chi connectivity index (χ1n) is 7.61. The second-order valence-corrected chi connectivity index (χ2v) is 8.80. The summed E-state index contributed by atoms with van der Waals surface area (Å²) in [4.78, 5) is 25.7. The quantitative estimate of drug-likeness (QED) is 0.839. The van der Waals surface area contributed by atoms with Crippen molar-refractivity contribution in [3.63, 3.8) is 0 Å². The average Bonchev–Trinajstić information content (AvgIpc) is 3.21. The van der Waals surface area contributed by atoms with E-state index in [0.29, 0.717) is 11.7 Å². The number of aliphatic carboxylic acids is 1. The maximum Gasteiger partial charge on any atom is 0.327 e. The molecule has 3 aliphatic rings. The summed E-state index contributed by atoms with van der Waals surface area (Å²) in [7, 11) is 0. The number of nitrogens with one attached hydrogen (secondary N) is 1. The molecular weight excluding hydrogens is 288 g/mol. The molecule has 2 atom stereocenters. The molecular formula is C15H24N2O3S. The molecule has 2 N–H and O–H groups in total. The third-order valence-corrected chi connectivity index (χ3v) is 7.33. The summed E-state index contributed by atoms with van der Waals surface area (Å²) in [6, 6.07) is -0.782. The van der Waals surface area contributed by atoms with Crippen LogP contribution in [-0.4, -0.2) is 45.2 Å². The molecule has 2 aliphatic carbocycles. The average molecular weight is 312 g/mol. The number of hydrogen-bond acceptors (Lipinski definition) is 3. The summed E-state index contributed by atoms with van der Waals surface area (Å²) in [6.07, 6.45) is 2.21. The van der Waals surface area contributed by atoms with Gasteiger partial charge in [-0.1, -0.05) is 27.7 Å². The van der Waals surface area contributed by atoms with E-state index in [0.717, 1.165) is 12.8 Å². The van der Waals surface area contributed by atoms with Gasteiger partial charge in [-0.05, 0) is 29.6 Å². The molecule has 1 heterocycles. The fraction of sp³-hybridized carbons (Fsp3) is 0.867. The highest BCUT2D eigenvalue weighted by Gasteiger charge is 2.66. The first-order valence-corrected chi connectivity index (χ1v) is 8.66. The molecule has 1 saturated heterocycles. The van der Waals surface area contributed by atoms with Gasteiger partial charge in [0.25, 0.3) is 0 Å². The van der Waals surface area contributed by atoms with Crippen molar-refractivity contribution < 1.29 is 14.7 Å². The van der Waals surface area contributed by atoms with Crippen LogP contribution < -0.4 is 5.32 Å². The Hall–Kier alpha value is -0.910. The molecule has 3 fully saturated rings. The predicted molar refractivity (Wildman–Crippen MR) is 82.1 cm³/mol. The largest absolute Gasteiger partial charge is 0.480 e. The van der Waals surface area contributed by atoms with Crippen LogP contribution in [0, 0.1) is 16.7 Å². The van der Waals surface area contributed by atoms with E-state index in [9.17, 15) is 14.7 Å². The van der Waals surface area contributed by atoms with Crippen molar-refractivity contribution in [1.82, 2.24) is 10.2 Å². The first-order chi connectivity index (χ1) is 9.68. The molecule has 0 aromatic rings. The number of carbonyl (C=O) groups excluding carboxylic acids is 1. The number of amides is 2. The number of carboxylic acids is 1. The molecule has 2 saturated carbocycles. The van der Waals surface area contributed by atoms with E-state index in [1.165, 1.54) is 0 Å². The molecule has 2 unspecified atom stereocenters. The number of thioether (sulfide) groups is 1. The Balaban J connectivity index is 1.73. The molecule has 6 heteroatoms. The summed E-state index contributed by atoms with van der Waals surface area (Å²) in [5.74, 6) is 0.0851. The van der Waals surface area contributed by atoms with Gasteiger partial charge in [-0.25, -0.2) is 9.59 Å². The number of rotatable bonds is 3. The molecule has 3 rings (SSSR count). The van der Waals surface area contributed by atoms with Crippen LogP contribution in [0.3, 0.4) is 0 Å². The van der Waals surface area contributed by atoms with Crippen molar-refractivity contribution in [2.24, 2.45) is 16.7 Å². The zero-order valence-electron chi connectivity index (χ0n) is 13.0. The van der Waals surface area contributed by atoms with Crippen LogP contribution in [0.25, 0.3) is 0 Å². The maximum absolute atomic E-state index is 12.7. The van der Waals surface area contributed by atoms with Crippen LogP contribution >= 0.6 is 11.8 Å². The van der Waals surface area contributed by atoms with E-state index in [1.807, 2.05) is 0 Å². The molecule has 0 spiro atoms. The van der Waals surface area contributed by atoms with Gasteiger partial charge in [0.15, 0.2) is 0 Å². The predicted octanol–water partition coefficient (Wildman–Crippen LogP) is 2.37. The molecule has 0 aromatic carbocycles. The minimum atomic E-state index is -0.893. The van der Waals surface area contributed by atoms with Crippen LogP contribution in [0.4, 0.5) is 4.79 Å². The van der Waals surface area contributed by atoms with Crippen LogP contribution in [0.15, 0.2) is 0 Å². The monoisotopic (exact) mass is 312 g/mol. The zero-order chi connectivity index (χ0) is 15.6. The van der Waals surface area contributed by atoms with Crippen molar-refractivity contribution in [3.8, 4) is 0 Å². The summed E-state index contributed by atoms with van der Waals surface area (Å²) in [5, 5.41) is 12.5. The standard InChI is InChI=1S/C15H24N2O3S/c1-14(2)12(15(14,3)4)16-13(20)17-9(11(18)19)7-21-10(17)8-5-6-8/h8-10,12H,5-7H2,1-4H3,(H,16,20)(H,18,19). The Kier molecular flexibility index (Phi) is 3.24. The van der Waals surface area contributed by atoms with Gasteiger partial charge in [0, 0.05) is 11.8 Å². The molecule has 118 valence electrons. The topological polar surface area (TPSA) is 69.6 Å². The van der Waals surface area contributed by atoms with Gasteiger partial charge >= 0.3 is 12.0 Å². The lowest BCUT2D eigenvalue weighted by atomic mass is 10.0. The van der Waals surface area contributed by atoms with Crippen LogP contribution in [0.5, 0.6) is 0 Å². The number of carbonyl (C=O) groups is 2. The fourth-order valence-corrected chi connectivity index (χ4v) is 5.11. The number of carboxylic acid groups (broad SMARTS) is 1. The van der Waals surface area contributed by atoms with Crippen molar-refractivity contribution in [1.29, 1.82) is 0 Å². The molecule has 1 aliphatic heterocycles.